The maximum atomic E-state index is 13.5. The summed E-state index contributed by atoms with van der Waals surface area (Å²) in [4.78, 5) is 4.56. The molecule has 0 saturated carbocycles. The van der Waals surface area contributed by atoms with Gasteiger partial charge < -0.3 is 14.2 Å². The number of benzene rings is 4. The Morgan fingerprint density at radius 1 is 0.853 bits per heavy atom. The van der Waals surface area contributed by atoms with Crippen LogP contribution in [0.2, 0.25) is 0 Å². The summed E-state index contributed by atoms with van der Waals surface area (Å²) in [6.07, 6.45) is 1.76. The molecule has 4 aromatic carbocycles. The molecule has 0 aliphatic rings. The van der Waals surface area contributed by atoms with Gasteiger partial charge in [-0.1, -0.05) is 30.3 Å². The van der Waals surface area contributed by atoms with Crippen LogP contribution >= 0.6 is 15.9 Å². The number of halogens is 2. The fraction of sp³-hybridized carbons (Fsp3) is 0.107. The number of hydrogen-bond acceptors (Lipinski definition) is 4. The van der Waals surface area contributed by atoms with Crippen LogP contribution in [0.4, 0.5) is 10.1 Å². The fourth-order valence-corrected chi connectivity index (χ4v) is 3.80. The van der Waals surface area contributed by atoms with Crippen LogP contribution in [0.1, 0.15) is 18.1 Å². The highest BCUT2D eigenvalue weighted by atomic mass is 79.9. The summed E-state index contributed by atoms with van der Waals surface area (Å²) < 4.78 is 31.7. The Morgan fingerprint density at radius 2 is 1.62 bits per heavy atom. The topological polar surface area (TPSA) is 40.0 Å². The van der Waals surface area contributed by atoms with Gasteiger partial charge in [-0.15, -0.1) is 0 Å². The summed E-state index contributed by atoms with van der Waals surface area (Å²) in [5.74, 6) is 2.38. The zero-order chi connectivity index (χ0) is 23.8. The maximum Gasteiger partial charge on any atom is 0.175 e. The van der Waals surface area contributed by atoms with Crippen LogP contribution in [-0.4, -0.2) is 12.8 Å². The number of hydrogen-bond donors (Lipinski definition) is 0. The first kappa shape index (κ1) is 23.5. The molecule has 4 rings (SSSR count). The molecule has 0 amide bonds. The van der Waals surface area contributed by atoms with Gasteiger partial charge in [0.05, 0.1) is 16.8 Å². The molecule has 0 N–H and O–H groups in total. The normalized spacial score (nSPS) is 10.9. The van der Waals surface area contributed by atoms with E-state index in [-0.39, 0.29) is 12.4 Å². The van der Waals surface area contributed by atoms with E-state index in [1.54, 1.807) is 12.3 Å². The fourth-order valence-electron chi connectivity index (χ4n) is 3.22. The third-order valence-corrected chi connectivity index (χ3v) is 5.37. The summed E-state index contributed by atoms with van der Waals surface area (Å²) >= 11 is 3.57. The summed E-state index contributed by atoms with van der Waals surface area (Å²) in [7, 11) is 0. The van der Waals surface area contributed by atoms with Gasteiger partial charge in [-0.3, -0.25) is 4.99 Å². The molecule has 34 heavy (non-hydrogen) atoms. The highest BCUT2D eigenvalue weighted by Gasteiger charge is 2.12. The minimum absolute atomic E-state index is 0.223. The van der Waals surface area contributed by atoms with E-state index >= 15 is 0 Å². The molecular formula is C28H23BrFNO3. The Balaban J connectivity index is 1.47. The third kappa shape index (κ3) is 6.45. The predicted octanol–water partition coefficient (Wildman–Crippen LogP) is 8.11. The van der Waals surface area contributed by atoms with E-state index in [0.29, 0.717) is 18.1 Å². The van der Waals surface area contributed by atoms with Gasteiger partial charge in [0.25, 0.3) is 0 Å². The summed E-state index contributed by atoms with van der Waals surface area (Å²) in [5.41, 5.74) is 2.37. The van der Waals surface area contributed by atoms with Crippen molar-refractivity contribution in [3.8, 4) is 23.0 Å². The van der Waals surface area contributed by atoms with Crippen molar-refractivity contribution in [2.75, 3.05) is 6.61 Å². The van der Waals surface area contributed by atoms with Gasteiger partial charge in [-0.25, -0.2) is 4.39 Å². The number of rotatable bonds is 9. The minimum atomic E-state index is -0.295. The summed E-state index contributed by atoms with van der Waals surface area (Å²) in [6.45, 7) is 2.61. The molecular weight excluding hydrogens is 497 g/mol. The van der Waals surface area contributed by atoms with E-state index in [9.17, 15) is 4.39 Å². The van der Waals surface area contributed by atoms with Crippen molar-refractivity contribution in [2.24, 2.45) is 4.99 Å². The molecule has 0 heterocycles. The number of aliphatic imine (C=N–C) groups is 1. The molecule has 0 saturated heterocycles. The van der Waals surface area contributed by atoms with Crippen LogP contribution < -0.4 is 14.2 Å². The first-order chi connectivity index (χ1) is 16.6. The van der Waals surface area contributed by atoms with E-state index in [0.717, 1.165) is 32.8 Å². The highest BCUT2D eigenvalue weighted by molar-refractivity contribution is 9.10. The van der Waals surface area contributed by atoms with Crippen molar-refractivity contribution >= 4 is 27.8 Å². The van der Waals surface area contributed by atoms with Gasteiger partial charge in [-0.05, 0) is 94.6 Å². The number of para-hydroxylation sites is 1. The van der Waals surface area contributed by atoms with Crippen molar-refractivity contribution in [1.29, 1.82) is 0 Å². The average molecular weight is 520 g/mol. The Hall–Kier alpha value is -3.64. The standard InChI is InChI=1S/C28H23BrFNO3/c1-2-32-27-17-21(16-26(29)28(27)33-19-20-7-6-8-22(30)15-20)18-31-23-11-13-25(14-12-23)34-24-9-4-3-5-10-24/h3-18H,2,19H2,1H3. The second kappa shape index (κ2) is 11.5. The van der Waals surface area contributed by atoms with Gasteiger partial charge in [0.1, 0.15) is 23.9 Å². The SMILES string of the molecule is CCOc1cc(C=Nc2ccc(Oc3ccccc3)cc2)cc(Br)c1OCc1cccc(F)c1. The molecule has 0 fully saturated rings. The van der Waals surface area contributed by atoms with Crippen LogP contribution in [0, 0.1) is 5.82 Å². The largest absolute Gasteiger partial charge is 0.490 e. The second-order valence-corrected chi connectivity index (χ2v) is 8.20. The lowest BCUT2D eigenvalue weighted by Crippen LogP contribution is -2.01. The van der Waals surface area contributed by atoms with Crippen molar-refractivity contribution in [1.82, 2.24) is 0 Å². The first-order valence-corrected chi connectivity index (χ1v) is 11.6. The Kier molecular flexibility index (Phi) is 7.94. The van der Waals surface area contributed by atoms with Gasteiger partial charge in [-0.2, -0.15) is 0 Å². The monoisotopic (exact) mass is 519 g/mol. The smallest absolute Gasteiger partial charge is 0.175 e. The van der Waals surface area contributed by atoms with Gasteiger partial charge in [0, 0.05) is 6.21 Å². The molecule has 0 atom stereocenters. The maximum absolute atomic E-state index is 13.5. The van der Waals surface area contributed by atoms with Crippen LogP contribution in [0.15, 0.2) is 100 Å². The van der Waals surface area contributed by atoms with E-state index in [4.69, 9.17) is 14.2 Å². The molecule has 0 aliphatic carbocycles. The molecule has 0 radical (unpaired) electrons. The summed E-state index contributed by atoms with van der Waals surface area (Å²) in [5, 5.41) is 0. The summed E-state index contributed by atoms with van der Waals surface area (Å²) in [6, 6.07) is 27.3. The molecule has 0 spiro atoms. The highest BCUT2D eigenvalue weighted by Crippen LogP contribution is 2.37. The molecule has 0 bridgehead atoms. The second-order valence-electron chi connectivity index (χ2n) is 7.35. The quantitative estimate of drug-likeness (QED) is 0.209. The Morgan fingerprint density at radius 3 is 2.35 bits per heavy atom. The Bertz CT molecular complexity index is 1260. The van der Waals surface area contributed by atoms with Crippen molar-refractivity contribution in [3.05, 3.63) is 112 Å². The van der Waals surface area contributed by atoms with Crippen molar-refractivity contribution in [3.63, 3.8) is 0 Å². The third-order valence-electron chi connectivity index (χ3n) is 4.78. The molecule has 0 aromatic heterocycles. The average Bonchev–Trinajstić information content (AvgIpc) is 2.84. The molecule has 172 valence electrons. The lowest BCUT2D eigenvalue weighted by atomic mass is 10.2. The first-order valence-electron chi connectivity index (χ1n) is 10.8. The molecule has 4 aromatic rings. The van der Waals surface area contributed by atoms with Crippen LogP contribution in [0.3, 0.4) is 0 Å². The van der Waals surface area contributed by atoms with Crippen LogP contribution in [0.25, 0.3) is 0 Å². The predicted molar refractivity (Wildman–Crippen MR) is 136 cm³/mol. The van der Waals surface area contributed by atoms with E-state index < -0.39 is 0 Å². The molecule has 0 unspecified atom stereocenters. The van der Waals surface area contributed by atoms with E-state index in [1.807, 2.05) is 79.7 Å². The lowest BCUT2D eigenvalue weighted by molar-refractivity contribution is 0.267. The lowest BCUT2D eigenvalue weighted by Gasteiger charge is -2.14. The molecule has 4 nitrogen and oxygen atoms in total. The zero-order valence-electron chi connectivity index (χ0n) is 18.6. The molecule has 6 heteroatoms. The van der Waals surface area contributed by atoms with Gasteiger partial charge >= 0.3 is 0 Å². The molecule has 0 aliphatic heterocycles. The van der Waals surface area contributed by atoms with Crippen molar-refractivity contribution < 1.29 is 18.6 Å². The Labute approximate surface area is 206 Å². The van der Waals surface area contributed by atoms with Crippen molar-refractivity contribution in [2.45, 2.75) is 13.5 Å². The zero-order valence-corrected chi connectivity index (χ0v) is 20.2. The number of nitrogens with zero attached hydrogens (tertiary/aromatic N) is 1. The van der Waals surface area contributed by atoms with E-state index in [2.05, 4.69) is 20.9 Å². The minimum Gasteiger partial charge on any atom is -0.490 e. The van der Waals surface area contributed by atoms with Crippen LogP contribution in [-0.2, 0) is 6.61 Å². The van der Waals surface area contributed by atoms with Gasteiger partial charge in [0.2, 0.25) is 0 Å². The van der Waals surface area contributed by atoms with E-state index in [1.165, 1.54) is 12.1 Å². The van der Waals surface area contributed by atoms with Crippen LogP contribution in [0.5, 0.6) is 23.0 Å². The number of ether oxygens (including phenoxy) is 3. The van der Waals surface area contributed by atoms with Gasteiger partial charge in [0.15, 0.2) is 11.5 Å².